The molecule has 4 rings (SSSR count). The highest BCUT2D eigenvalue weighted by molar-refractivity contribution is 9.11. The minimum Gasteiger partial charge on any atom is -0.487 e. The third-order valence-electron chi connectivity index (χ3n) is 5.37. The summed E-state index contributed by atoms with van der Waals surface area (Å²) in [5.41, 5.74) is 2.09. The second-order valence-electron chi connectivity index (χ2n) is 7.94. The van der Waals surface area contributed by atoms with E-state index in [2.05, 4.69) is 36.9 Å². The number of ether oxygens (including phenoxy) is 1. The molecule has 0 unspecified atom stereocenters. The Labute approximate surface area is 238 Å². The van der Waals surface area contributed by atoms with E-state index in [1.165, 1.54) is 36.0 Å². The lowest BCUT2D eigenvalue weighted by molar-refractivity contribution is -0.384. The molecule has 3 aromatic rings. The fourth-order valence-corrected chi connectivity index (χ4v) is 6.04. The second kappa shape index (κ2) is 11.9. The lowest BCUT2D eigenvalue weighted by atomic mass is 10.2. The standard InChI is InChI=1S/C26H19Br2N3O6S/c1-2-30-24(32)22(38-26(30)29-18-8-6-17(7-9-18)25(33)34)13-16-11-20(27)23(21(28)12-16)37-14-15-4-3-5-19(10-15)31(35)36/h3-13H,2,14H2,1H3,(H,33,34). The highest BCUT2D eigenvalue weighted by Crippen LogP contribution is 2.38. The Morgan fingerprint density at radius 2 is 1.84 bits per heavy atom. The fourth-order valence-electron chi connectivity index (χ4n) is 3.53. The lowest BCUT2D eigenvalue weighted by Gasteiger charge is -2.12. The van der Waals surface area contributed by atoms with Crippen molar-refractivity contribution >= 4 is 78.1 Å². The molecule has 1 heterocycles. The predicted molar refractivity (Wildman–Crippen MR) is 153 cm³/mol. The van der Waals surface area contributed by atoms with Gasteiger partial charge in [0.1, 0.15) is 12.4 Å². The number of rotatable bonds is 8. The molecular weight excluding hydrogens is 642 g/mol. The van der Waals surface area contributed by atoms with Gasteiger partial charge in [-0.15, -0.1) is 0 Å². The van der Waals surface area contributed by atoms with Crippen molar-refractivity contribution in [2.45, 2.75) is 13.5 Å². The number of carbonyl (C=O) groups is 2. The van der Waals surface area contributed by atoms with Crippen LogP contribution < -0.4 is 4.74 Å². The topological polar surface area (TPSA) is 122 Å². The first-order chi connectivity index (χ1) is 18.2. The number of aliphatic imine (C=N–C) groups is 1. The van der Waals surface area contributed by atoms with Crippen molar-refractivity contribution < 1.29 is 24.4 Å². The summed E-state index contributed by atoms with van der Waals surface area (Å²) in [6.45, 7) is 2.41. The number of carboxylic acids is 1. The van der Waals surface area contributed by atoms with Gasteiger partial charge in [-0.25, -0.2) is 9.79 Å². The summed E-state index contributed by atoms with van der Waals surface area (Å²) in [5, 5.41) is 20.6. The SMILES string of the molecule is CCN1C(=O)C(=Cc2cc(Br)c(OCc3cccc([N+](=O)[O-])c3)c(Br)c2)SC1=Nc1ccc(C(=O)O)cc1. The van der Waals surface area contributed by atoms with Crippen LogP contribution in [0.1, 0.15) is 28.4 Å². The van der Waals surface area contributed by atoms with Crippen molar-refractivity contribution in [3.05, 3.63) is 101 Å². The molecule has 0 bridgehead atoms. The number of hydrogen-bond donors (Lipinski definition) is 1. The number of benzene rings is 3. The maximum absolute atomic E-state index is 13.0. The molecule has 1 amide bonds. The van der Waals surface area contributed by atoms with Crippen LogP contribution in [0.15, 0.2) is 79.5 Å². The number of halogens is 2. The highest BCUT2D eigenvalue weighted by Gasteiger charge is 2.32. The molecule has 0 saturated carbocycles. The molecule has 3 aromatic carbocycles. The Morgan fingerprint density at radius 3 is 2.45 bits per heavy atom. The van der Waals surface area contributed by atoms with Crippen LogP contribution in [0, 0.1) is 10.1 Å². The van der Waals surface area contributed by atoms with Crippen LogP contribution in [-0.4, -0.2) is 38.5 Å². The smallest absolute Gasteiger partial charge is 0.335 e. The Hall–Kier alpha value is -3.48. The Bertz CT molecular complexity index is 1470. The zero-order valence-corrected chi connectivity index (χ0v) is 23.7. The number of nitrogens with zero attached hydrogens (tertiary/aromatic N) is 3. The minimum absolute atomic E-state index is 0.00811. The number of hydrogen-bond acceptors (Lipinski definition) is 7. The van der Waals surface area contributed by atoms with Crippen LogP contribution in [0.2, 0.25) is 0 Å². The first-order valence-corrected chi connectivity index (χ1v) is 13.5. The van der Waals surface area contributed by atoms with E-state index in [0.717, 1.165) is 5.56 Å². The van der Waals surface area contributed by atoms with Gasteiger partial charge in [-0.1, -0.05) is 12.1 Å². The summed E-state index contributed by atoms with van der Waals surface area (Å²) >= 11 is 8.26. The quantitative estimate of drug-likeness (QED) is 0.156. The van der Waals surface area contributed by atoms with Gasteiger partial charge >= 0.3 is 5.97 Å². The van der Waals surface area contributed by atoms with Crippen molar-refractivity contribution in [1.29, 1.82) is 0 Å². The van der Waals surface area contributed by atoms with Gasteiger partial charge in [0.15, 0.2) is 5.17 Å². The number of amides is 1. The summed E-state index contributed by atoms with van der Waals surface area (Å²) < 4.78 is 7.18. The van der Waals surface area contributed by atoms with Crippen LogP contribution in [0.25, 0.3) is 6.08 Å². The van der Waals surface area contributed by atoms with Crippen LogP contribution in [0.5, 0.6) is 5.75 Å². The van der Waals surface area contributed by atoms with Crippen molar-refractivity contribution in [2.24, 2.45) is 4.99 Å². The summed E-state index contributed by atoms with van der Waals surface area (Å²) in [5.74, 6) is -0.684. The first-order valence-electron chi connectivity index (χ1n) is 11.1. The van der Waals surface area contributed by atoms with Crippen molar-refractivity contribution in [3.8, 4) is 5.75 Å². The Morgan fingerprint density at radius 1 is 1.16 bits per heavy atom. The molecule has 0 radical (unpaired) electrons. The summed E-state index contributed by atoms with van der Waals surface area (Å²) in [6.07, 6.45) is 1.76. The molecule has 9 nitrogen and oxygen atoms in total. The molecule has 0 aliphatic carbocycles. The van der Waals surface area contributed by atoms with Gasteiger partial charge in [0, 0.05) is 18.7 Å². The molecule has 194 valence electrons. The third-order valence-corrected chi connectivity index (χ3v) is 7.55. The number of likely N-dealkylation sites (N-methyl/N-ethyl adjacent to an activating group) is 1. The van der Waals surface area contributed by atoms with E-state index in [9.17, 15) is 19.7 Å². The van der Waals surface area contributed by atoms with Gasteiger partial charge in [0.25, 0.3) is 11.6 Å². The average molecular weight is 661 g/mol. The van der Waals surface area contributed by atoms with E-state index in [1.807, 2.05) is 19.1 Å². The third kappa shape index (κ3) is 6.32. The van der Waals surface area contributed by atoms with Crippen molar-refractivity contribution in [2.75, 3.05) is 6.54 Å². The number of thioether (sulfide) groups is 1. The molecule has 1 fully saturated rings. The average Bonchev–Trinajstić information content (AvgIpc) is 3.17. The van der Waals surface area contributed by atoms with Crippen molar-refractivity contribution in [3.63, 3.8) is 0 Å². The first kappa shape index (κ1) is 27.6. The summed E-state index contributed by atoms with van der Waals surface area (Å²) in [7, 11) is 0. The highest BCUT2D eigenvalue weighted by atomic mass is 79.9. The number of carbonyl (C=O) groups excluding carboxylic acids is 1. The maximum Gasteiger partial charge on any atom is 0.335 e. The Balaban J connectivity index is 1.54. The molecular formula is C26H19Br2N3O6S. The zero-order valence-electron chi connectivity index (χ0n) is 19.8. The molecule has 38 heavy (non-hydrogen) atoms. The number of aromatic carboxylic acids is 1. The van der Waals surface area contributed by atoms with Gasteiger partial charge in [-0.05, 0) is 104 Å². The molecule has 12 heteroatoms. The van der Waals surface area contributed by atoms with E-state index < -0.39 is 10.9 Å². The number of amidine groups is 1. The second-order valence-corrected chi connectivity index (χ2v) is 10.7. The summed E-state index contributed by atoms with van der Waals surface area (Å²) in [4.78, 5) is 41.3. The molecule has 1 aliphatic heterocycles. The molecule has 1 N–H and O–H groups in total. The van der Waals surface area contributed by atoms with Crippen LogP contribution in [-0.2, 0) is 11.4 Å². The van der Waals surface area contributed by atoms with E-state index in [1.54, 1.807) is 35.2 Å². The predicted octanol–water partition coefficient (Wildman–Crippen LogP) is 7.02. The largest absolute Gasteiger partial charge is 0.487 e. The number of nitro benzene ring substituents is 1. The van der Waals surface area contributed by atoms with E-state index in [0.29, 0.717) is 42.6 Å². The molecule has 0 aromatic heterocycles. The van der Waals surface area contributed by atoms with Crippen LogP contribution in [0.4, 0.5) is 11.4 Å². The minimum atomic E-state index is -1.02. The van der Waals surface area contributed by atoms with Gasteiger partial charge in [-0.2, -0.15) is 0 Å². The van der Waals surface area contributed by atoms with Crippen LogP contribution in [0.3, 0.4) is 0 Å². The van der Waals surface area contributed by atoms with E-state index >= 15 is 0 Å². The van der Waals surface area contributed by atoms with Crippen molar-refractivity contribution in [1.82, 2.24) is 4.90 Å². The van der Waals surface area contributed by atoms with Gasteiger partial charge in [-0.3, -0.25) is 19.8 Å². The van der Waals surface area contributed by atoms with Gasteiger partial charge < -0.3 is 9.84 Å². The number of carboxylic acid groups (broad SMARTS) is 1. The van der Waals surface area contributed by atoms with Gasteiger partial charge in [0.05, 0.1) is 30.0 Å². The summed E-state index contributed by atoms with van der Waals surface area (Å²) in [6, 6.07) is 16.0. The normalized spacial score (nSPS) is 15.3. The van der Waals surface area contributed by atoms with Gasteiger partial charge in [0.2, 0.25) is 0 Å². The Kier molecular flexibility index (Phi) is 8.65. The number of non-ortho nitro benzene ring substituents is 1. The van der Waals surface area contributed by atoms with Crippen LogP contribution >= 0.6 is 43.6 Å². The zero-order chi connectivity index (χ0) is 27.4. The number of nitro groups is 1. The van der Waals surface area contributed by atoms with E-state index in [4.69, 9.17) is 9.84 Å². The fraction of sp³-hybridized carbons (Fsp3) is 0.115. The van der Waals surface area contributed by atoms with E-state index in [-0.39, 0.29) is 23.8 Å². The maximum atomic E-state index is 13.0. The lowest BCUT2D eigenvalue weighted by Crippen LogP contribution is -2.28. The molecule has 0 spiro atoms. The molecule has 1 aliphatic rings. The molecule has 0 atom stereocenters. The molecule has 1 saturated heterocycles. The monoisotopic (exact) mass is 659 g/mol.